The van der Waals surface area contributed by atoms with Crippen LogP contribution >= 0.6 is 0 Å². The van der Waals surface area contributed by atoms with Gasteiger partial charge in [-0.1, -0.05) is 160 Å². The maximum Gasteiger partial charge on any atom is 0.336 e. The highest BCUT2D eigenvalue weighted by molar-refractivity contribution is 6.00. The molecule has 3 heterocycles. The molecule has 328 valence electrons. The third kappa shape index (κ3) is 16.8. The van der Waals surface area contributed by atoms with Crippen molar-refractivity contribution in [2.45, 2.75) is 187 Å². The van der Waals surface area contributed by atoms with Gasteiger partial charge < -0.3 is 23.8 Å². The van der Waals surface area contributed by atoms with Crippen LogP contribution in [0.3, 0.4) is 0 Å². The van der Waals surface area contributed by atoms with Crippen molar-refractivity contribution in [2.24, 2.45) is 0 Å². The Hall–Kier alpha value is -2.64. The summed E-state index contributed by atoms with van der Waals surface area (Å²) in [7, 11) is 4.69. The predicted molar refractivity (Wildman–Crippen MR) is 241 cm³/mol. The molecule has 0 aliphatic carbocycles. The van der Waals surface area contributed by atoms with Gasteiger partial charge in [-0.2, -0.15) is 0 Å². The van der Waals surface area contributed by atoms with E-state index in [1.807, 2.05) is 18.2 Å². The molecule has 0 amide bonds. The highest BCUT2D eigenvalue weighted by Gasteiger charge is 2.44. The maximum atomic E-state index is 14.7. The zero-order valence-corrected chi connectivity index (χ0v) is 38.0. The number of piperidine rings is 2. The molecule has 0 unspecified atom stereocenters. The standard InChI is InChI=1S/C51H86N3O4/c1-5-7-9-11-13-15-17-19-21-32-40-57-50(55)48-45(42-53(3)36-28-24-29-37-53)52-46(43-54(4)38-30-25-31-39-54)49(47(48)44-34-26-23-27-35-44)51(56)58-41-33-22-20-18-16-14-12-10-8-6-2/h23,26-27,34-35,47H,5-22,24-25,28-33,36-43H2,1-4H3/q+1/p+1. The van der Waals surface area contributed by atoms with E-state index >= 15 is 0 Å². The van der Waals surface area contributed by atoms with Crippen LogP contribution in [-0.4, -0.2) is 87.5 Å². The Labute approximate surface area is 355 Å². The van der Waals surface area contributed by atoms with Crippen molar-refractivity contribution >= 4 is 11.9 Å². The molecule has 3 aliphatic heterocycles. The first kappa shape index (κ1) is 48.0. The van der Waals surface area contributed by atoms with Crippen LogP contribution < -0.4 is 5.32 Å². The van der Waals surface area contributed by atoms with E-state index in [1.54, 1.807) is 0 Å². The van der Waals surface area contributed by atoms with Crippen molar-refractivity contribution in [3.63, 3.8) is 0 Å². The number of likely N-dealkylation sites (N-methyl/N-ethyl adjacent to an activating group) is 2. The lowest BCUT2D eigenvalue weighted by Gasteiger charge is -2.43. The zero-order chi connectivity index (χ0) is 41.3. The van der Waals surface area contributed by atoms with Crippen LogP contribution in [0.25, 0.3) is 0 Å². The Kier molecular flexibility index (Phi) is 22.6. The summed E-state index contributed by atoms with van der Waals surface area (Å²) in [5.74, 6) is -1.11. The predicted octanol–water partition coefficient (Wildman–Crippen LogP) is 12.1. The van der Waals surface area contributed by atoms with E-state index in [1.165, 1.54) is 141 Å². The molecule has 1 aromatic rings. The Balaban J connectivity index is 1.55. The number of ether oxygens (including phenoxy) is 2. The van der Waals surface area contributed by atoms with Gasteiger partial charge in [0.2, 0.25) is 0 Å². The highest BCUT2D eigenvalue weighted by Crippen LogP contribution is 2.41. The molecule has 1 N–H and O–H groups in total. The first-order valence-corrected chi connectivity index (χ1v) is 24.6. The van der Waals surface area contributed by atoms with Crippen molar-refractivity contribution in [1.82, 2.24) is 5.32 Å². The van der Waals surface area contributed by atoms with Gasteiger partial charge in [0.1, 0.15) is 13.1 Å². The lowest BCUT2D eigenvalue weighted by molar-refractivity contribution is -0.911. The van der Waals surface area contributed by atoms with Crippen molar-refractivity contribution < 1.29 is 28.0 Å². The van der Waals surface area contributed by atoms with Crippen LogP contribution in [0.1, 0.15) is 192 Å². The highest BCUT2D eigenvalue weighted by atomic mass is 16.5. The molecule has 4 rings (SSSR count). The number of unbranched alkanes of at least 4 members (excludes halogenated alkanes) is 18. The fourth-order valence-corrected chi connectivity index (χ4v) is 9.82. The van der Waals surface area contributed by atoms with E-state index in [2.05, 4.69) is 45.4 Å². The lowest BCUT2D eigenvalue weighted by Crippen LogP contribution is -2.54. The van der Waals surface area contributed by atoms with Gasteiger partial charge in [-0.25, -0.2) is 9.59 Å². The van der Waals surface area contributed by atoms with Crippen molar-refractivity contribution in [2.75, 3.05) is 66.6 Å². The molecule has 3 aliphatic rings. The second kappa shape index (κ2) is 27.3. The van der Waals surface area contributed by atoms with E-state index in [9.17, 15) is 9.59 Å². The first-order valence-electron chi connectivity index (χ1n) is 24.6. The summed E-state index contributed by atoms with van der Waals surface area (Å²) in [5, 5.41) is 3.87. The Bertz CT molecular complexity index is 1290. The summed E-state index contributed by atoms with van der Waals surface area (Å²) in [4.78, 5) is 29.4. The van der Waals surface area contributed by atoms with E-state index < -0.39 is 5.92 Å². The van der Waals surface area contributed by atoms with Crippen LogP contribution in [0.2, 0.25) is 0 Å². The summed E-state index contributed by atoms with van der Waals surface area (Å²) in [6.45, 7) is 11.1. The van der Waals surface area contributed by atoms with Crippen LogP contribution in [0.15, 0.2) is 52.9 Å². The summed E-state index contributed by atoms with van der Waals surface area (Å²) < 4.78 is 14.3. The van der Waals surface area contributed by atoms with Gasteiger partial charge in [-0.15, -0.1) is 0 Å². The minimum atomic E-state index is -0.541. The van der Waals surface area contributed by atoms with Gasteiger partial charge in [-0.05, 0) is 56.9 Å². The number of likely N-dealkylation sites (tertiary alicyclic amines) is 2. The van der Waals surface area contributed by atoms with E-state index in [0.717, 1.165) is 90.9 Å². The van der Waals surface area contributed by atoms with Gasteiger partial charge in [0, 0.05) is 0 Å². The average Bonchev–Trinajstić information content (AvgIpc) is 3.22. The number of nitrogens with zero attached hydrogens (tertiary/aromatic N) is 2. The Morgan fingerprint density at radius 1 is 0.517 bits per heavy atom. The summed E-state index contributed by atoms with van der Waals surface area (Å²) in [6, 6.07) is 10.3. The topological polar surface area (TPSA) is 64.6 Å². The number of rotatable bonds is 29. The minimum Gasteiger partial charge on any atom is -0.462 e. The normalized spacial score (nSPS) is 18.3. The monoisotopic (exact) mass is 806 g/mol. The Morgan fingerprint density at radius 3 is 1.22 bits per heavy atom. The summed E-state index contributed by atoms with van der Waals surface area (Å²) in [6.07, 6.45) is 32.0. The van der Waals surface area contributed by atoms with Gasteiger partial charge in [0.15, 0.2) is 0 Å². The quantitative estimate of drug-likeness (QED) is 0.0496. The third-order valence-electron chi connectivity index (χ3n) is 13.4. The van der Waals surface area contributed by atoms with Crippen molar-refractivity contribution in [3.05, 3.63) is 58.4 Å². The molecule has 0 spiro atoms. The second-order valence-corrected chi connectivity index (χ2v) is 19.0. The number of hydrogen-bond acceptors (Lipinski definition) is 5. The molecule has 0 radical (unpaired) electrons. The number of esters is 2. The fourth-order valence-electron chi connectivity index (χ4n) is 9.82. The second-order valence-electron chi connectivity index (χ2n) is 19.0. The van der Waals surface area contributed by atoms with E-state index in [4.69, 9.17) is 9.47 Å². The molecule has 2 fully saturated rings. The SMILES string of the molecule is CCCCCCCCCCCCOC(=O)C1=C(C[N+]2(C)CCCCC2)NC(C[N+]2(C)CCCCC2)=C(C(=O)OCCCCCCCCCCCC)C1c1ccccc1. The van der Waals surface area contributed by atoms with Gasteiger partial charge in [0.05, 0.1) is 81.9 Å². The molecule has 0 saturated carbocycles. The number of carbonyl (C=O) groups is 2. The smallest absolute Gasteiger partial charge is 0.336 e. The van der Waals surface area contributed by atoms with Crippen LogP contribution in [0, 0.1) is 0 Å². The van der Waals surface area contributed by atoms with Crippen LogP contribution in [0.4, 0.5) is 0 Å². The van der Waals surface area contributed by atoms with Crippen LogP contribution in [-0.2, 0) is 19.1 Å². The van der Waals surface area contributed by atoms with Gasteiger partial charge in [0.25, 0.3) is 0 Å². The molecule has 7 nitrogen and oxygen atoms in total. The number of quaternary nitrogens is 2. The Morgan fingerprint density at radius 2 is 0.862 bits per heavy atom. The van der Waals surface area contributed by atoms with Crippen LogP contribution in [0.5, 0.6) is 0 Å². The summed E-state index contributed by atoms with van der Waals surface area (Å²) in [5.41, 5.74) is 4.06. The zero-order valence-electron chi connectivity index (χ0n) is 38.0. The average molecular weight is 806 g/mol. The van der Waals surface area contributed by atoms with E-state index in [-0.39, 0.29) is 11.9 Å². The number of carbonyl (C=O) groups excluding carboxylic acids is 2. The molecule has 0 aromatic heterocycles. The molecule has 7 heteroatoms. The van der Waals surface area contributed by atoms with Gasteiger partial charge >= 0.3 is 11.9 Å². The lowest BCUT2D eigenvalue weighted by atomic mass is 9.79. The molecular formula is C51H87N3O4+2. The third-order valence-corrected chi connectivity index (χ3v) is 13.4. The summed E-state index contributed by atoms with van der Waals surface area (Å²) >= 11 is 0. The number of nitrogens with one attached hydrogen (secondary N) is 1. The fraction of sp³-hybridized carbons (Fsp3) is 0.765. The number of dihydropyridines is 1. The van der Waals surface area contributed by atoms with E-state index in [0.29, 0.717) is 24.4 Å². The number of benzene rings is 1. The molecule has 0 atom stereocenters. The van der Waals surface area contributed by atoms with Crippen molar-refractivity contribution in [3.8, 4) is 0 Å². The van der Waals surface area contributed by atoms with Gasteiger partial charge in [-0.3, -0.25) is 0 Å². The number of hydrogen-bond donors (Lipinski definition) is 1. The maximum absolute atomic E-state index is 14.7. The molecule has 1 aromatic carbocycles. The minimum absolute atomic E-state index is 0.284. The molecule has 2 saturated heterocycles. The molecule has 58 heavy (non-hydrogen) atoms. The molecule has 0 bridgehead atoms. The first-order chi connectivity index (χ1) is 28.3. The molecular weight excluding hydrogens is 719 g/mol. The largest absolute Gasteiger partial charge is 0.462 e. The van der Waals surface area contributed by atoms with Crippen molar-refractivity contribution in [1.29, 1.82) is 0 Å².